The first-order valence-electron chi connectivity index (χ1n) is 12.1. The lowest BCUT2D eigenvalue weighted by Gasteiger charge is -2.08. The van der Waals surface area contributed by atoms with Crippen LogP contribution in [0.5, 0.6) is 5.75 Å². The van der Waals surface area contributed by atoms with Gasteiger partial charge in [-0.1, -0.05) is 22.0 Å². The second-order valence-electron chi connectivity index (χ2n) is 8.68. The number of ether oxygens (including phenoxy) is 1. The van der Waals surface area contributed by atoms with Crippen LogP contribution in [0.1, 0.15) is 32.1 Å². The molecule has 0 aliphatic carbocycles. The highest BCUT2D eigenvalue weighted by atomic mass is 79.9. The maximum absolute atomic E-state index is 13.0. The van der Waals surface area contributed by atoms with E-state index >= 15 is 0 Å². The van der Waals surface area contributed by atoms with Gasteiger partial charge >= 0.3 is 0 Å². The molecule has 0 aliphatic rings. The lowest BCUT2D eigenvalue weighted by molar-refractivity contribution is -0.123. The number of anilines is 2. The summed E-state index contributed by atoms with van der Waals surface area (Å²) in [6, 6.07) is 14.2. The van der Waals surface area contributed by atoms with E-state index in [1.807, 2.05) is 31.2 Å². The monoisotopic (exact) mass is 602 g/mol. The van der Waals surface area contributed by atoms with Crippen LogP contribution >= 0.6 is 15.9 Å². The van der Waals surface area contributed by atoms with Crippen molar-refractivity contribution in [2.75, 3.05) is 17.2 Å². The van der Waals surface area contributed by atoms with E-state index in [-0.39, 0.29) is 29.9 Å². The third kappa shape index (κ3) is 6.32. The summed E-state index contributed by atoms with van der Waals surface area (Å²) in [6.07, 6.45) is 4.59. The molecule has 202 valence electrons. The van der Waals surface area contributed by atoms with Crippen LogP contribution in [-0.2, 0) is 11.3 Å². The van der Waals surface area contributed by atoms with E-state index in [9.17, 15) is 14.4 Å². The molecule has 0 fully saturated rings. The number of carbonyl (C=O) groups is 3. The zero-order valence-corrected chi connectivity index (χ0v) is 22.7. The van der Waals surface area contributed by atoms with Crippen LogP contribution in [0.25, 0.3) is 11.0 Å². The predicted molar refractivity (Wildman–Crippen MR) is 151 cm³/mol. The van der Waals surface area contributed by atoms with Crippen molar-refractivity contribution in [1.29, 1.82) is 0 Å². The van der Waals surface area contributed by atoms with Gasteiger partial charge < -0.3 is 25.3 Å². The van der Waals surface area contributed by atoms with Gasteiger partial charge in [-0.3, -0.25) is 24.7 Å². The third-order valence-electron chi connectivity index (χ3n) is 5.82. The maximum atomic E-state index is 13.0. The van der Waals surface area contributed by atoms with E-state index < -0.39 is 11.8 Å². The fourth-order valence-electron chi connectivity index (χ4n) is 3.76. The zero-order chi connectivity index (χ0) is 28.1. The molecule has 0 radical (unpaired) electrons. The summed E-state index contributed by atoms with van der Waals surface area (Å²) >= 11 is 3.38. The van der Waals surface area contributed by atoms with Crippen LogP contribution in [0.2, 0.25) is 0 Å². The Kier molecular flexibility index (Phi) is 7.82. The highest BCUT2D eigenvalue weighted by Gasteiger charge is 2.22. The van der Waals surface area contributed by atoms with Gasteiger partial charge in [0.25, 0.3) is 17.7 Å². The van der Waals surface area contributed by atoms with Crippen molar-refractivity contribution in [2.45, 2.75) is 13.5 Å². The molecule has 5 rings (SSSR count). The van der Waals surface area contributed by atoms with E-state index in [1.54, 1.807) is 36.7 Å². The number of H-pyrrole nitrogens is 2. The molecule has 40 heavy (non-hydrogen) atoms. The Bertz CT molecular complexity index is 1700. The molecule has 0 saturated carbocycles. The number of aromatic nitrogens is 5. The van der Waals surface area contributed by atoms with Crippen molar-refractivity contribution >= 4 is 56.3 Å². The Balaban J connectivity index is 1.20. The van der Waals surface area contributed by atoms with Gasteiger partial charge in [-0.25, -0.2) is 9.97 Å². The van der Waals surface area contributed by atoms with Gasteiger partial charge in [0.05, 0.1) is 17.4 Å². The summed E-state index contributed by atoms with van der Waals surface area (Å²) in [5, 5.41) is 8.20. The number of aryl methyl sites for hydroxylation is 1. The highest BCUT2D eigenvalue weighted by Crippen LogP contribution is 2.23. The fraction of sp³-hybridized carbons (Fsp3) is 0.111. The van der Waals surface area contributed by atoms with Crippen molar-refractivity contribution < 1.29 is 19.1 Å². The summed E-state index contributed by atoms with van der Waals surface area (Å²) in [5.41, 5.74) is 3.44. The minimum Gasteiger partial charge on any atom is -0.484 e. The SMILES string of the molecule is Cc1ccc(Br)cc1NC(=O)c1nc[nH]c1C(=O)Nc1nc2cc(OCC(=O)NCc3ccncc3)ccc2[nH]1. The second-order valence-corrected chi connectivity index (χ2v) is 9.59. The van der Waals surface area contributed by atoms with Crippen LogP contribution < -0.4 is 20.7 Å². The molecule has 2 aromatic carbocycles. The Morgan fingerprint density at radius 3 is 2.65 bits per heavy atom. The van der Waals surface area contributed by atoms with E-state index in [1.165, 1.54) is 6.33 Å². The predicted octanol–water partition coefficient (Wildman–Crippen LogP) is 3.95. The number of fused-ring (bicyclic) bond motifs is 1. The van der Waals surface area contributed by atoms with Gasteiger partial charge in [-0.15, -0.1) is 0 Å². The Hall–Kier alpha value is -5.04. The largest absolute Gasteiger partial charge is 0.484 e. The third-order valence-corrected chi connectivity index (χ3v) is 6.32. The summed E-state index contributed by atoms with van der Waals surface area (Å²) in [5.74, 6) is -0.817. The van der Waals surface area contributed by atoms with Gasteiger partial charge in [0, 0.05) is 35.2 Å². The van der Waals surface area contributed by atoms with Crippen LogP contribution in [0, 0.1) is 6.92 Å². The van der Waals surface area contributed by atoms with E-state index in [0.29, 0.717) is 29.0 Å². The molecule has 13 heteroatoms. The number of rotatable bonds is 9. The first-order valence-corrected chi connectivity index (χ1v) is 12.9. The molecular weight excluding hydrogens is 580 g/mol. The minimum absolute atomic E-state index is 0.0209. The maximum Gasteiger partial charge on any atom is 0.276 e. The molecule has 12 nitrogen and oxygen atoms in total. The average molecular weight is 603 g/mol. The molecule has 0 spiro atoms. The molecule has 3 amide bonds. The lowest BCUT2D eigenvalue weighted by atomic mass is 10.2. The number of amides is 3. The second kappa shape index (κ2) is 11.8. The molecule has 3 aromatic heterocycles. The normalized spacial score (nSPS) is 10.8. The smallest absolute Gasteiger partial charge is 0.276 e. The van der Waals surface area contributed by atoms with E-state index in [2.05, 4.69) is 56.8 Å². The van der Waals surface area contributed by atoms with Crippen molar-refractivity contribution in [3.8, 4) is 5.75 Å². The van der Waals surface area contributed by atoms with Crippen molar-refractivity contribution in [3.63, 3.8) is 0 Å². The number of hydrogen-bond donors (Lipinski definition) is 5. The van der Waals surface area contributed by atoms with Crippen LogP contribution in [-0.4, -0.2) is 49.2 Å². The van der Waals surface area contributed by atoms with Crippen LogP contribution in [0.4, 0.5) is 11.6 Å². The average Bonchev–Trinajstić information content (AvgIpc) is 3.60. The van der Waals surface area contributed by atoms with Crippen molar-refractivity contribution in [3.05, 3.63) is 94.2 Å². The minimum atomic E-state index is -0.602. The molecular formula is C27H23BrN8O4. The molecule has 3 heterocycles. The molecule has 0 saturated heterocycles. The topological polar surface area (TPSA) is 167 Å². The van der Waals surface area contributed by atoms with Gasteiger partial charge in [0.1, 0.15) is 11.4 Å². The molecule has 0 bridgehead atoms. The Morgan fingerprint density at radius 2 is 1.82 bits per heavy atom. The number of benzene rings is 2. The van der Waals surface area contributed by atoms with E-state index in [4.69, 9.17) is 4.74 Å². The molecule has 0 atom stereocenters. The van der Waals surface area contributed by atoms with Crippen LogP contribution in [0.3, 0.4) is 0 Å². The zero-order valence-electron chi connectivity index (χ0n) is 21.1. The van der Waals surface area contributed by atoms with Crippen LogP contribution in [0.15, 0.2) is 71.7 Å². The molecule has 5 N–H and O–H groups in total. The quantitative estimate of drug-likeness (QED) is 0.170. The van der Waals surface area contributed by atoms with E-state index in [0.717, 1.165) is 15.6 Å². The number of nitrogens with one attached hydrogen (secondary N) is 5. The number of imidazole rings is 2. The number of hydrogen-bond acceptors (Lipinski definition) is 7. The standard InChI is InChI=1S/C27H23BrN8O4/c1-15-2-3-17(28)10-20(15)33-25(38)23-24(32-14-31-23)26(39)36-27-34-19-5-4-18(11-21(19)35-27)40-13-22(37)30-12-16-6-8-29-9-7-16/h2-11,14H,12-13H2,1H3,(H,30,37)(H,31,32)(H,33,38)(H2,34,35,36,39). The summed E-state index contributed by atoms with van der Waals surface area (Å²) in [7, 11) is 0. The Morgan fingerprint density at radius 1 is 1.00 bits per heavy atom. The number of nitrogens with zero attached hydrogens (tertiary/aromatic N) is 3. The van der Waals surface area contributed by atoms with Gasteiger partial charge in [0.15, 0.2) is 12.3 Å². The molecule has 0 unspecified atom stereocenters. The summed E-state index contributed by atoms with van der Waals surface area (Å²) in [4.78, 5) is 56.0. The molecule has 0 aliphatic heterocycles. The number of aromatic amines is 2. The fourth-order valence-corrected chi connectivity index (χ4v) is 4.12. The Labute approximate surface area is 236 Å². The first kappa shape index (κ1) is 26.6. The van der Waals surface area contributed by atoms with Gasteiger partial charge in [0.2, 0.25) is 5.95 Å². The summed E-state index contributed by atoms with van der Waals surface area (Å²) < 4.78 is 6.40. The molecule has 5 aromatic rings. The lowest BCUT2D eigenvalue weighted by Crippen LogP contribution is -2.28. The number of carbonyl (C=O) groups excluding carboxylic acids is 3. The highest BCUT2D eigenvalue weighted by molar-refractivity contribution is 9.10. The number of halogens is 1. The first-order chi connectivity index (χ1) is 19.4. The van der Waals surface area contributed by atoms with Gasteiger partial charge in [-0.05, 0) is 54.4 Å². The van der Waals surface area contributed by atoms with Gasteiger partial charge in [-0.2, -0.15) is 0 Å². The summed E-state index contributed by atoms with van der Waals surface area (Å²) in [6.45, 7) is 2.06. The van der Waals surface area contributed by atoms with Crippen molar-refractivity contribution in [1.82, 2.24) is 30.2 Å². The number of pyridine rings is 1. The van der Waals surface area contributed by atoms with Crippen molar-refractivity contribution in [2.24, 2.45) is 0 Å².